The molecule has 110 valence electrons. The Morgan fingerprint density at radius 2 is 1.95 bits per heavy atom. The van der Waals surface area contributed by atoms with Crippen LogP contribution in [0.3, 0.4) is 0 Å². The lowest BCUT2D eigenvalue weighted by atomic mass is 10.0. The lowest BCUT2D eigenvalue weighted by Gasteiger charge is -2.41. The van der Waals surface area contributed by atoms with Crippen LogP contribution in [0.5, 0.6) is 0 Å². The number of hydrogen-bond donors (Lipinski definition) is 1. The summed E-state index contributed by atoms with van der Waals surface area (Å²) in [5, 5.41) is 9.58. The van der Waals surface area contributed by atoms with Crippen LogP contribution >= 0.6 is 0 Å². The van der Waals surface area contributed by atoms with Crippen LogP contribution in [0.15, 0.2) is 48.7 Å². The molecule has 1 saturated heterocycles. The standard InChI is InChI=1S/C17H21N3O/c1-19-10-11-20(17-15(13-21)8-5-9-18-17)16(12-19)14-6-3-2-4-7-14/h2-9,16,21H,10-13H2,1H3. The Kier molecular flexibility index (Phi) is 4.18. The summed E-state index contributed by atoms with van der Waals surface area (Å²) in [4.78, 5) is 9.18. The number of likely N-dealkylation sites (N-methyl/N-ethyl adjacent to an activating group) is 1. The molecule has 1 aliphatic heterocycles. The molecule has 0 amide bonds. The van der Waals surface area contributed by atoms with Gasteiger partial charge in [0.25, 0.3) is 0 Å². The van der Waals surface area contributed by atoms with Crippen molar-refractivity contribution in [3.05, 3.63) is 59.8 Å². The van der Waals surface area contributed by atoms with E-state index in [1.165, 1.54) is 5.56 Å². The number of benzene rings is 1. The Morgan fingerprint density at radius 3 is 2.71 bits per heavy atom. The zero-order valence-corrected chi connectivity index (χ0v) is 12.3. The van der Waals surface area contributed by atoms with Crippen LogP contribution in [-0.2, 0) is 6.61 Å². The summed E-state index contributed by atoms with van der Waals surface area (Å²) in [5.41, 5.74) is 2.18. The smallest absolute Gasteiger partial charge is 0.134 e. The number of aliphatic hydroxyl groups excluding tert-OH is 1. The molecule has 1 fully saturated rings. The first-order valence-electron chi connectivity index (χ1n) is 7.34. The fourth-order valence-electron chi connectivity index (χ4n) is 2.95. The van der Waals surface area contributed by atoms with Gasteiger partial charge in [0.2, 0.25) is 0 Å². The molecule has 1 atom stereocenters. The number of piperazine rings is 1. The van der Waals surface area contributed by atoms with Crippen molar-refractivity contribution >= 4 is 5.82 Å². The molecule has 1 aliphatic rings. The van der Waals surface area contributed by atoms with Crippen LogP contribution in [0.25, 0.3) is 0 Å². The maximum Gasteiger partial charge on any atom is 0.134 e. The topological polar surface area (TPSA) is 39.6 Å². The summed E-state index contributed by atoms with van der Waals surface area (Å²) in [6.45, 7) is 2.91. The van der Waals surface area contributed by atoms with Gasteiger partial charge in [-0.1, -0.05) is 36.4 Å². The SMILES string of the molecule is CN1CCN(c2ncccc2CO)C(c2ccccc2)C1. The van der Waals surface area contributed by atoms with E-state index in [0.717, 1.165) is 31.0 Å². The maximum absolute atomic E-state index is 9.58. The predicted molar refractivity (Wildman–Crippen MR) is 84.2 cm³/mol. The van der Waals surface area contributed by atoms with Gasteiger partial charge in [0.15, 0.2) is 0 Å². The summed E-state index contributed by atoms with van der Waals surface area (Å²) >= 11 is 0. The van der Waals surface area contributed by atoms with E-state index in [2.05, 4.69) is 46.1 Å². The average Bonchev–Trinajstić information content (AvgIpc) is 2.55. The molecule has 1 aromatic carbocycles. The van der Waals surface area contributed by atoms with E-state index in [1.54, 1.807) is 6.20 Å². The second-order valence-corrected chi connectivity index (χ2v) is 5.53. The van der Waals surface area contributed by atoms with E-state index in [4.69, 9.17) is 0 Å². The van der Waals surface area contributed by atoms with Gasteiger partial charge in [0.05, 0.1) is 12.6 Å². The number of pyridine rings is 1. The first kappa shape index (κ1) is 14.0. The van der Waals surface area contributed by atoms with Crippen molar-refractivity contribution in [2.45, 2.75) is 12.6 Å². The molecule has 0 saturated carbocycles. The van der Waals surface area contributed by atoms with Gasteiger partial charge < -0.3 is 14.9 Å². The van der Waals surface area contributed by atoms with Crippen LogP contribution < -0.4 is 4.90 Å². The molecule has 4 heteroatoms. The van der Waals surface area contributed by atoms with E-state index >= 15 is 0 Å². The second-order valence-electron chi connectivity index (χ2n) is 5.53. The minimum absolute atomic E-state index is 0.0248. The molecule has 21 heavy (non-hydrogen) atoms. The minimum Gasteiger partial charge on any atom is -0.392 e. The van der Waals surface area contributed by atoms with Crippen molar-refractivity contribution < 1.29 is 5.11 Å². The molecule has 1 unspecified atom stereocenters. The highest BCUT2D eigenvalue weighted by atomic mass is 16.3. The van der Waals surface area contributed by atoms with Gasteiger partial charge in [-0.15, -0.1) is 0 Å². The molecule has 2 heterocycles. The number of rotatable bonds is 3. The zero-order valence-electron chi connectivity index (χ0n) is 12.3. The molecular weight excluding hydrogens is 262 g/mol. The van der Waals surface area contributed by atoms with E-state index in [9.17, 15) is 5.11 Å². The van der Waals surface area contributed by atoms with Gasteiger partial charge in [0, 0.05) is 31.4 Å². The predicted octanol–water partition coefficient (Wildman–Crippen LogP) is 2.07. The summed E-state index contributed by atoms with van der Waals surface area (Å²) in [6.07, 6.45) is 1.80. The molecule has 0 bridgehead atoms. The quantitative estimate of drug-likeness (QED) is 0.936. The number of anilines is 1. The number of nitrogens with zero attached hydrogens (tertiary/aromatic N) is 3. The second kappa shape index (κ2) is 6.24. The Bertz CT molecular complexity index is 588. The van der Waals surface area contributed by atoms with E-state index < -0.39 is 0 Å². The largest absolute Gasteiger partial charge is 0.392 e. The maximum atomic E-state index is 9.58. The van der Waals surface area contributed by atoms with E-state index in [0.29, 0.717) is 0 Å². The molecule has 2 aromatic rings. The molecule has 0 spiro atoms. The Morgan fingerprint density at radius 1 is 1.14 bits per heavy atom. The first-order valence-corrected chi connectivity index (χ1v) is 7.34. The molecule has 0 aliphatic carbocycles. The third-order valence-corrected chi connectivity index (χ3v) is 4.08. The van der Waals surface area contributed by atoms with Crippen molar-refractivity contribution in [2.24, 2.45) is 0 Å². The third kappa shape index (κ3) is 2.91. The average molecular weight is 283 g/mol. The fourth-order valence-corrected chi connectivity index (χ4v) is 2.95. The Balaban J connectivity index is 1.98. The lowest BCUT2D eigenvalue weighted by Crippen LogP contribution is -2.47. The highest BCUT2D eigenvalue weighted by molar-refractivity contribution is 5.49. The summed E-state index contributed by atoms with van der Waals surface area (Å²) < 4.78 is 0. The van der Waals surface area contributed by atoms with Gasteiger partial charge in [-0.3, -0.25) is 0 Å². The van der Waals surface area contributed by atoms with Crippen molar-refractivity contribution in [3.8, 4) is 0 Å². The number of hydrogen-bond acceptors (Lipinski definition) is 4. The third-order valence-electron chi connectivity index (χ3n) is 4.08. The molecule has 1 N–H and O–H groups in total. The zero-order chi connectivity index (χ0) is 14.7. The lowest BCUT2D eigenvalue weighted by molar-refractivity contribution is 0.262. The molecule has 4 nitrogen and oxygen atoms in total. The van der Waals surface area contributed by atoms with Crippen molar-refractivity contribution in [1.82, 2.24) is 9.88 Å². The Labute approximate surface area is 125 Å². The van der Waals surface area contributed by atoms with Gasteiger partial charge in [-0.2, -0.15) is 0 Å². The van der Waals surface area contributed by atoms with Crippen molar-refractivity contribution in [2.75, 3.05) is 31.6 Å². The summed E-state index contributed by atoms with van der Waals surface area (Å²) in [7, 11) is 2.15. The van der Waals surface area contributed by atoms with Crippen LogP contribution in [0.1, 0.15) is 17.2 Å². The first-order chi connectivity index (χ1) is 10.3. The molecule has 3 rings (SSSR count). The van der Waals surface area contributed by atoms with Gasteiger partial charge in [0.1, 0.15) is 5.82 Å². The molecule has 0 radical (unpaired) electrons. The summed E-state index contributed by atoms with van der Waals surface area (Å²) in [5.74, 6) is 0.905. The summed E-state index contributed by atoms with van der Waals surface area (Å²) in [6, 6.07) is 14.6. The van der Waals surface area contributed by atoms with Gasteiger partial charge in [-0.25, -0.2) is 4.98 Å². The van der Waals surface area contributed by atoms with E-state index in [1.807, 2.05) is 18.2 Å². The monoisotopic (exact) mass is 283 g/mol. The molecular formula is C17H21N3O. The van der Waals surface area contributed by atoms with E-state index in [-0.39, 0.29) is 12.6 Å². The van der Waals surface area contributed by atoms with Crippen molar-refractivity contribution in [3.63, 3.8) is 0 Å². The van der Waals surface area contributed by atoms with Crippen LogP contribution in [0, 0.1) is 0 Å². The minimum atomic E-state index is 0.0248. The number of aliphatic hydroxyl groups is 1. The number of aromatic nitrogens is 1. The van der Waals surface area contributed by atoms with Crippen LogP contribution in [0.2, 0.25) is 0 Å². The van der Waals surface area contributed by atoms with Crippen LogP contribution in [-0.4, -0.2) is 41.7 Å². The van der Waals surface area contributed by atoms with Crippen molar-refractivity contribution in [1.29, 1.82) is 0 Å². The Hall–Kier alpha value is -1.91. The van der Waals surface area contributed by atoms with Crippen LogP contribution in [0.4, 0.5) is 5.82 Å². The molecule has 1 aromatic heterocycles. The van der Waals surface area contributed by atoms with Gasteiger partial charge >= 0.3 is 0 Å². The fraction of sp³-hybridized carbons (Fsp3) is 0.353. The van der Waals surface area contributed by atoms with Gasteiger partial charge in [-0.05, 0) is 18.7 Å². The highest BCUT2D eigenvalue weighted by Crippen LogP contribution is 2.31. The highest BCUT2D eigenvalue weighted by Gasteiger charge is 2.28. The normalized spacial score (nSPS) is 19.7.